The topological polar surface area (TPSA) is 65.0 Å². The molecular weight excluding hydrogens is 658 g/mol. The Bertz CT molecular complexity index is 519. The summed E-state index contributed by atoms with van der Waals surface area (Å²) in [6, 6.07) is 0. The molecule has 200 valence electrons. The molecule has 5 nitrogen and oxygen atoms in total. The molecule has 0 heterocycles. The fourth-order valence-corrected chi connectivity index (χ4v) is 6.83. The molecule has 2 unspecified atom stereocenters. The highest BCUT2D eigenvalue weighted by Crippen LogP contribution is 2.34. The third-order valence-corrected chi connectivity index (χ3v) is 10.1. The summed E-state index contributed by atoms with van der Waals surface area (Å²) in [6.45, 7) is 2.98. The molecule has 2 atom stereocenters. The number of carbonyl (C=O) groups is 1. The van der Waals surface area contributed by atoms with Gasteiger partial charge in [-0.1, -0.05) is 97.1 Å². The van der Waals surface area contributed by atoms with Crippen molar-refractivity contribution in [2.75, 3.05) is 13.2 Å². The summed E-state index contributed by atoms with van der Waals surface area (Å²) in [6.07, 6.45) is 19.1. The number of alkyl halides is 2. The fourth-order valence-electron chi connectivity index (χ4n) is 5.40. The third kappa shape index (κ3) is 12.9. The van der Waals surface area contributed by atoms with Gasteiger partial charge in [-0.3, -0.25) is 10.1 Å². The summed E-state index contributed by atoms with van der Waals surface area (Å²) in [5.41, 5.74) is 0. The maximum atomic E-state index is 13.1. The Morgan fingerprint density at radius 2 is 1.44 bits per heavy atom. The Labute approximate surface area is 235 Å². The van der Waals surface area contributed by atoms with Crippen LogP contribution in [-0.4, -0.2) is 44.5 Å². The second-order valence-electron chi connectivity index (χ2n) is 10.4. The van der Waals surface area contributed by atoms with E-state index in [4.69, 9.17) is 14.4 Å². The van der Waals surface area contributed by atoms with Gasteiger partial charge in [0, 0.05) is 7.85 Å². The standard InChI is InChI=1S/C27H48I2O5/c1-2-3-4-5-6-7-8-9-25(26(34-31)20-21-10-12-22(28)13-11-21)27(30)33-19-18-32-24-16-14-23(29)15-17-24/h21-26,31H,2-20H2,1H3. The highest BCUT2D eigenvalue weighted by Gasteiger charge is 2.34. The predicted molar refractivity (Wildman–Crippen MR) is 155 cm³/mol. The van der Waals surface area contributed by atoms with E-state index in [-0.39, 0.29) is 12.6 Å². The van der Waals surface area contributed by atoms with E-state index in [1.165, 1.54) is 57.8 Å². The SMILES string of the molecule is CCCCCCCCCC(C(=O)OCCOC1CCC(I)CC1)C(CC1CCC(I)CC1)OO. The van der Waals surface area contributed by atoms with Crippen LogP contribution in [0.25, 0.3) is 0 Å². The molecule has 7 heteroatoms. The van der Waals surface area contributed by atoms with Gasteiger partial charge >= 0.3 is 5.97 Å². The predicted octanol–water partition coefficient (Wildman–Crippen LogP) is 8.29. The zero-order chi connectivity index (χ0) is 24.6. The molecule has 0 amide bonds. The van der Waals surface area contributed by atoms with Gasteiger partial charge in [0.05, 0.1) is 18.6 Å². The van der Waals surface area contributed by atoms with Crippen LogP contribution in [0.15, 0.2) is 0 Å². The van der Waals surface area contributed by atoms with Crippen LogP contribution in [-0.2, 0) is 19.2 Å². The number of hydrogen-bond acceptors (Lipinski definition) is 5. The molecule has 2 rings (SSSR count). The summed E-state index contributed by atoms with van der Waals surface area (Å²) >= 11 is 5.06. The van der Waals surface area contributed by atoms with E-state index in [9.17, 15) is 10.1 Å². The molecule has 2 fully saturated rings. The lowest BCUT2D eigenvalue weighted by Gasteiger charge is -2.30. The molecule has 1 N–H and O–H groups in total. The lowest BCUT2D eigenvalue weighted by Crippen LogP contribution is -2.35. The highest BCUT2D eigenvalue weighted by molar-refractivity contribution is 14.1. The Hall–Kier alpha value is 0.810. The zero-order valence-corrected chi connectivity index (χ0v) is 25.6. The number of unbranched alkanes of at least 4 members (excludes halogenated alkanes) is 6. The molecule has 0 aromatic carbocycles. The highest BCUT2D eigenvalue weighted by atomic mass is 127. The quantitative estimate of drug-likeness (QED) is 0.0412. The Balaban J connectivity index is 1.79. The molecule has 0 radical (unpaired) electrons. The van der Waals surface area contributed by atoms with Gasteiger partial charge < -0.3 is 9.47 Å². The molecule has 0 aromatic rings. The van der Waals surface area contributed by atoms with Crippen molar-refractivity contribution in [1.29, 1.82) is 0 Å². The Kier molecular flexibility index (Phi) is 17.3. The van der Waals surface area contributed by atoms with Gasteiger partial charge in [-0.2, -0.15) is 0 Å². The number of rotatable bonds is 17. The smallest absolute Gasteiger partial charge is 0.311 e. The minimum Gasteiger partial charge on any atom is -0.463 e. The van der Waals surface area contributed by atoms with Crippen molar-refractivity contribution in [2.24, 2.45) is 11.8 Å². The van der Waals surface area contributed by atoms with Crippen LogP contribution in [0.1, 0.15) is 116 Å². The van der Waals surface area contributed by atoms with Crippen molar-refractivity contribution in [2.45, 2.75) is 136 Å². The molecule has 0 spiro atoms. The van der Waals surface area contributed by atoms with Crippen LogP contribution >= 0.6 is 45.2 Å². The number of carbonyl (C=O) groups excluding carboxylic acids is 1. The maximum absolute atomic E-state index is 13.1. The van der Waals surface area contributed by atoms with Gasteiger partial charge in [-0.15, -0.1) is 0 Å². The summed E-state index contributed by atoms with van der Waals surface area (Å²) in [7, 11) is 0. The van der Waals surface area contributed by atoms with E-state index in [0.717, 1.165) is 59.2 Å². The van der Waals surface area contributed by atoms with Gasteiger partial charge in [0.25, 0.3) is 0 Å². The molecule has 0 bridgehead atoms. The Morgan fingerprint density at radius 3 is 2.06 bits per heavy atom. The van der Waals surface area contributed by atoms with Crippen LogP contribution in [0.5, 0.6) is 0 Å². The zero-order valence-electron chi connectivity index (χ0n) is 21.2. The molecule has 0 saturated heterocycles. The molecule has 0 aliphatic heterocycles. The molecule has 2 saturated carbocycles. The van der Waals surface area contributed by atoms with Crippen LogP contribution in [0.3, 0.4) is 0 Å². The first kappa shape index (κ1) is 31.0. The van der Waals surface area contributed by atoms with E-state index in [2.05, 4.69) is 52.1 Å². The maximum Gasteiger partial charge on any atom is 0.311 e. The fraction of sp³-hybridized carbons (Fsp3) is 0.963. The third-order valence-electron chi connectivity index (χ3n) is 7.63. The Morgan fingerprint density at radius 1 is 0.853 bits per heavy atom. The normalized spacial score (nSPS) is 27.3. The molecule has 2 aliphatic rings. The second-order valence-corrected chi connectivity index (χ2v) is 13.9. The summed E-state index contributed by atoms with van der Waals surface area (Å²) in [5, 5.41) is 9.76. The number of halogens is 2. The van der Waals surface area contributed by atoms with Gasteiger partial charge in [-0.05, 0) is 70.1 Å². The molecule has 0 aromatic heterocycles. The number of esters is 1. The molecular formula is C27H48I2O5. The minimum absolute atomic E-state index is 0.229. The van der Waals surface area contributed by atoms with Crippen LogP contribution in [0.2, 0.25) is 0 Å². The second kappa shape index (κ2) is 19.0. The van der Waals surface area contributed by atoms with E-state index in [1.807, 2.05) is 0 Å². The number of ether oxygens (including phenoxy) is 2. The lowest BCUT2D eigenvalue weighted by atomic mass is 9.81. The van der Waals surface area contributed by atoms with Gasteiger partial charge in [0.1, 0.15) is 12.7 Å². The van der Waals surface area contributed by atoms with E-state index in [0.29, 0.717) is 18.6 Å². The largest absolute Gasteiger partial charge is 0.463 e. The average molecular weight is 706 g/mol. The molecule has 34 heavy (non-hydrogen) atoms. The van der Waals surface area contributed by atoms with Crippen LogP contribution < -0.4 is 0 Å². The number of hydrogen-bond donors (Lipinski definition) is 1. The monoisotopic (exact) mass is 706 g/mol. The van der Waals surface area contributed by atoms with Crippen molar-refractivity contribution in [1.82, 2.24) is 0 Å². The first-order valence-electron chi connectivity index (χ1n) is 13.9. The van der Waals surface area contributed by atoms with Crippen molar-refractivity contribution in [3.63, 3.8) is 0 Å². The van der Waals surface area contributed by atoms with Crippen molar-refractivity contribution in [3.8, 4) is 0 Å². The first-order chi connectivity index (χ1) is 16.5. The first-order valence-corrected chi connectivity index (χ1v) is 16.4. The summed E-state index contributed by atoms with van der Waals surface area (Å²) in [5.74, 6) is -0.108. The van der Waals surface area contributed by atoms with Crippen LogP contribution in [0.4, 0.5) is 0 Å². The molecule has 2 aliphatic carbocycles. The van der Waals surface area contributed by atoms with E-state index >= 15 is 0 Å². The minimum atomic E-state index is -0.469. The van der Waals surface area contributed by atoms with Crippen molar-refractivity contribution >= 4 is 51.2 Å². The lowest BCUT2D eigenvalue weighted by molar-refractivity contribution is -0.294. The van der Waals surface area contributed by atoms with E-state index < -0.39 is 12.0 Å². The summed E-state index contributed by atoms with van der Waals surface area (Å²) < 4.78 is 13.1. The summed E-state index contributed by atoms with van der Waals surface area (Å²) in [4.78, 5) is 18.0. The van der Waals surface area contributed by atoms with Gasteiger partial charge in [0.2, 0.25) is 0 Å². The van der Waals surface area contributed by atoms with Crippen LogP contribution in [0, 0.1) is 11.8 Å². The van der Waals surface area contributed by atoms with Gasteiger partial charge in [0.15, 0.2) is 0 Å². The van der Waals surface area contributed by atoms with E-state index in [1.54, 1.807) is 0 Å². The van der Waals surface area contributed by atoms with Crippen molar-refractivity contribution < 1.29 is 24.4 Å². The van der Waals surface area contributed by atoms with Gasteiger partial charge in [-0.25, -0.2) is 4.89 Å². The van der Waals surface area contributed by atoms with Crippen molar-refractivity contribution in [3.05, 3.63) is 0 Å². The average Bonchev–Trinajstić information content (AvgIpc) is 2.84.